The second kappa shape index (κ2) is 9.36. The number of aromatic nitrogens is 2. The molecule has 0 bridgehead atoms. The van der Waals surface area contributed by atoms with Gasteiger partial charge in [-0.2, -0.15) is 5.10 Å². The zero-order chi connectivity index (χ0) is 18.9. The van der Waals surface area contributed by atoms with Gasteiger partial charge in [0, 0.05) is 12.6 Å². The van der Waals surface area contributed by atoms with Gasteiger partial charge < -0.3 is 14.8 Å². The summed E-state index contributed by atoms with van der Waals surface area (Å²) in [5, 5.41) is 6.57. The fraction of sp³-hybridized carbons (Fsp3) is 0.333. The number of nitrogens with one attached hydrogen (secondary N) is 1. The minimum absolute atomic E-state index is 0.0273. The van der Waals surface area contributed by atoms with E-state index < -0.39 is 18.5 Å². The van der Waals surface area contributed by atoms with Crippen molar-refractivity contribution < 1.29 is 19.1 Å². The lowest BCUT2D eigenvalue weighted by Gasteiger charge is -2.11. The van der Waals surface area contributed by atoms with Crippen LogP contribution in [0, 0.1) is 0 Å². The molecular formula is C18H21N3O5. The number of anilines is 1. The Morgan fingerprint density at radius 2 is 1.92 bits per heavy atom. The van der Waals surface area contributed by atoms with Crippen LogP contribution in [0.15, 0.2) is 41.2 Å². The SMILES string of the molecule is CCCn1nc(C(=O)OCC(=O)Nc2ccccc2OCC)ccc1=O. The zero-order valence-electron chi connectivity index (χ0n) is 14.7. The third-order valence-electron chi connectivity index (χ3n) is 3.31. The topological polar surface area (TPSA) is 99.5 Å². The maximum absolute atomic E-state index is 12.0. The molecule has 0 saturated heterocycles. The fourth-order valence-corrected chi connectivity index (χ4v) is 2.17. The Kier molecular flexibility index (Phi) is 6.90. The molecule has 1 aromatic heterocycles. The molecule has 1 N–H and O–H groups in total. The molecule has 2 rings (SSSR count). The van der Waals surface area contributed by atoms with E-state index in [2.05, 4.69) is 10.4 Å². The highest BCUT2D eigenvalue weighted by atomic mass is 16.5. The Morgan fingerprint density at radius 1 is 1.15 bits per heavy atom. The first-order valence-corrected chi connectivity index (χ1v) is 8.32. The first-order chi connectivity index (χ1) is 12.5. The van der Waals surface area contributed by atoms with Crippen molar-refractivity contribution in [2.75, 3.05) is 18.5 Å². The molecule has 26 heavy (non-hydrogen) atoms. The van der Waals surface area contributed by atoms with Crippen LogP contribution < -0.4 is 15.6 Å². The number of ether oxygens (including phenoxy) is 2. The van der Waals surface area contributed by atoms with Gasteiger partial charge in [0.05, 0.1) is 12.3 Å². The van der Waals surface area contributed by atoms with E-state index in [1.807, 2.05) is 13.8 Å². The predicted molar refractivity (Wildman–Crippen MR) is 95.3 cm³/mol. The molecule has 0 atom stereocenters. The molecule has 138 valence electrons. The van der Waals surface area contributed by atoms with E-state index in [9.17, 15) is 14.4 Å². The van der Waals surface area contributed by atoms with E-state index in [-0.39, 0.29) is 11.3 Å². The van der Waals surface area contributed by atoms with Gasteiger partial charge in [-0.25, -0.2) is 9.48 Å². The summed E-state index contributed by atoms with van der Waals surface area (Å²) in [5.74, 6) is -0.751. The van der Waals surface area contributed by atoms with Crippen molar-refractivity contribution in [1.29, 1.82) is 0 Å². The quantitative estimate of drug-likeness (QED) is 0.722. The molecule has 0 saturated carbocycles. The Balaban J connectivity index is 1.96. The van der Waals surface area contributed by atoms with E-state index in [0.717, 1.165) is 0 Å². The van der Waals surface area contributed by atoms with E-state index in [0.29, 0.717) is 31.0 Å². The molecule has 2 aromatic rings. The van der Waals surface area contributed by atoms with Crippen LogP contribution in [0.2, 0.25) is 0 Å². The highest BCUT2D eigenvalue weighted by Crippen LogP contribution is 2.23. The second-order valence-corrected chi connectivity index (χ2v) is 5.33. The van der Waals surface area contributed by atoms with Gasteiger partial charge in [0.2, 0.25) is 0 Å². The number of hydrogen-bond acceptors (Lipinski definition) is 6. The minimum atomic E-state index is -0.775. The van der Waals surface area contributed by atoms with Gasteiger partial charge in [-0.3, -0.25) is 9.59 Å². The lowest BCUT2D eigenvalue weighted by atomic mass is 10.3. The number of rotatable bonds is 8. The number of amides is 1. The van der Waals surface area contributed by atoms with Gasteiger partial charge >= 0.3 is 5.97 Å². The maximum Gasteiger partial charge on any atom is 0.359 e. The summed E-state index contributed by atoms with van der Waals surface area (Å²) in [7, 11) is 0. The van der Waals surface area contributed by atoms with Crippen LogP contribution >= 0.6 is 0 Å². The normalized spacial score (nSPS) is 10.2. The van der Waals surface area contributed by atoms with Crippen LogP contribution in [0.1, 0.15) is 30.8 Å². The largest absolute Gasteiger partial charge is 0.492 e. The van der Waals surface area contributed by atoms with Crippen LogP contribution in [0.4, 0.5) is 5.69 Å². The third-order valence-corrected chi connectivity index (χ3v) is 3.31. The van der Waals surface area contributed by atoms with Crippen molar-refractivity contribution in [2.45, 2.75) is 26.8 Å². The number of carbonyl (C=O) groups excluding carboxylic acids is 2. The number of benzene rings is 1. The van der Waals surface area contributed by atoms with Crippen LogP contribution in [0.25, 0.3) is 0 Å². The molecule has 8 heteroatoms. The molecule has 0 aliphatic rings. The first-order valence-electron chi connectivity index (χ1n) is 8.32. The number of esters is 1. The lowest BCUT2D eigenvalue weighted by molar-refractivity contribution is -0.119. The average Bonchev–Trinajstić information content (AvgIpc) is 2.63. The summed E-state index contributed by atoms with van der Waals surface area (Å²) in [4.78, 5) is 35.7. The Morgan fingerprint density at radius 3 is 2.65 bits per heavy atom. The van der Waals surface area contributed by atoms with E-state index in [1.165, 1.54) is 16.8 Å². The summed E-state index contributed by atoms with van der Waals surface area (Å²) in [5.41, 5.74) is 0.166. The number of hydrogen-bond donors (Lipinski definition) is 1. The molecule has 0 aliphatic carbocycles. The molecule has 1 heterocycles. The number of para-hydroxylation sites is 2. The molecule has 0 fully saturated rings. The Labute approximate surface area is 150 Å². The number of nitrogens with zero attached hydrogens (tertiary/aromatic N) is 2. The van der Waals surface area contributed by atoms with Crippen molar-refractivity contribution >= 4 is 17.6 Å². The van der Waals surface area contributed by atoms with Crippen LogP contribution in [-0.4, -0.2) is 34.9 Å². The number of aryl methyl sites for hydroxylation is 1. The van der Waals surface area contributed by atoms with Crippen molar-refractivity contribution in [1.82, 2.24) is 9.78 Å². The Hall–Kier alpha value is -3.16. The second-order valence-electron chi connectivity index (χ2n) is 5.33. The van der Waals surface area contributed by atoms with Gasteiger partial charge in [-0.05, 0) is 31.5 Å². The minimum Gasteiger partial charge on any atom is -0.492 e. The Bertz CT molecular complexity index is 832. The van der Waals surface area contributed by atoms with E-state index in [1.54, 1.807) is 24.3 Å². The third kappa shape index (κ3) is 5.17. The zero-order valence-corrected chi connectivity index (χ0v) is 14.7. The van der Waals surface area contributed by atoms with Crippen molar-refractivity contribution in [2.24, 2.45) is 0 Å². The van der Waals surface area contributed by atoms with Crippen LogP contribution in [0.3, 0.4) is 0 Å². The standard InChI is InChI=1S/C18H21N3O5/c1-3-11-21-17(23)10-9-14(20-21)18(24)26-12-16(22)19-13-7-5-6-8-15(13)25-4-2/h5-10H,3-4,11-12H2,1-2H3,(H,19,22). The molecule has 1 aromatic carbocycles. The van der Waals surface area contributed by atoms with Crippen LogP contribution in [0.5, 0.6) is 5.75 Å². The molecular weight excluding hydrogens is 338 g/mol. The van der Waals surface area contributed by atoms with Gasteiger partial charge in [-0.15, -0.1) is 0 Å². The number of carbonyl (C=O) groups is 2. The monoisotopic (exact) mass is 359 g/mol. The molecule has 0 radical (unpaired) electrons. The van der Waals surface area contributed by atoms with Crippen molar-refractivity contribution in [3.8, 4) is 5.75 Å². The molecule has 8 nitrogen and oxygen atoms in total. The summed E-state index contributed by atoms with van der Waals surface area (Å²) >= 11 is 0. The molecule has 0 spiro atoms. The summed E-state index contributed by atoms with van der Waals surface area (Å²) in [6.45, 7) is 4.11. The van der Waals surface area contributed by atoms with E-state index >= 15 is 0 Å². The molecule has 1 amide bonds. The van der Waals surface area contributed by atoms with Gasteiger partial charge in [0.1, 0.15) is 5.75 Å². The van der Waals surface area contributed by atoms with Gasteiger partial charge in [-0.1, -0.05) is 19.1 Å². The molecule has 0 unspecified atom stereocenters. The van der Waals surface area contributed by atoms with Crippen LogP contribution in [-0.2, 0) is 16.1 Å². The van der Waals surface area contributed by atoms with E-state index in [4.69, 9.17) is 9.47 Å². The van der Waals surface area contributed by atoms with Gasteiger partial charge in [0.25, 0.3) is 11.5 Å². The highest BCUT2D eigenvalue weighted by Gasteiger charge is 2.14. The highest BCUT2D eigenvalue weighted by molar-refractivity contribution is 5.95. The smallest absolute Gasteiger partial charge is 0.359 e. The van der Waals surface area contributed by atoms with Crippen molar-refractivity contribution in [3.63, 3.8) is 0 Å². The van der Waals surface area contributed by atoms with Gasteiger partial charge in [0.15, 0.2) is 12.3 Å². The average molecular weight is 359 g/mol. The fourth-order valence-electron chi connectivity index (χ4n) is 2.17. The predicted octanol–water partition coefficient (Wildman–Crippen LogP) is 1.85. The lowest BCUT2D eigenvalue weighted by Crippen LogP contribution is -2.26. The first kappa shape index (κ1) is 19.2. The summed E-state index contributed by atoms with van der Waals surface area (Å²) < 4.78 is 11.6. The molecule has 0 aliphatic heterocycles. The summed E-state index contributed by atoms with van der Waals surface area (Å²) in [6, 6.07) is 9.48. The maximum atomic E-state index is 12.0. The van der Waals surface area contributed by atoms with Crippen molar-refractivity contribution in [3.05, 3.63) is 52.4 Å². The summed E-state index contributed by atoms with van der Waals surface area (Å²) in [6.07, 6.45) is 0.701.